The normalized spacial score (nSPS) is 27.1. The molecule has 2 N–H and O–H groups in total. The number of phenols is 1. The van der Waals surface area contributed by atoms with Crippen molar-refractivity contribution < 1.29 is 10.2 Å². The van der Waals surface area contributed by atoms with E-state index in [1.807, 2.05) is 31.9 Å². The number of nitrogens with zero attached hydrogens (tertiary/aromatic N) is 1. The Bertz CT molecular complexity index is 416. The number of rotatable bonds is 3. The van der Waals surface area contributed by atoms with E-state index >= 15 is 0 Å². The van der Waals surface area contributed by atoms with E-state index in [2.05, 4.69) is 4.90 Å². The van der Waals surface area contributed by atoms with Gasteiger partial charge in [0.1, 0.15) is 5.75 Å². The molecule has 3 nitrogen and oxygen atoms in total. The van der Waals surface area contributed by atoms with E-state index in [1.165, 1.54) is 0 Å². The molecular weight excluding hydrogens is 282 g/mol. The molecule has 1 aromatic rings. The average molecular weight is 304 g/mol. The Balaban J connectivity index is 0.00000180. The molecule has 5 heteroatoms. The standard InChI is InChI=1S/C14H21NO2S.ClH/c1-15(2)9-12-10-18-7-6-14(12,17)11-4-3-5-13(16)8-11;/h3-5,8,12,16-17H,6-7,9-10H2,1-2H3;1H. The summed E-state index contributed by atoms with van der Waals surface area (Å²) in [6, 6.07) is 7.06. The van der Waals surface area contributed by atoms with Crippen LogP contribution >= 0.6 is 24.2 Å². The van der Waals surface area contributed by atoms with E-state index in [0.717, 1.165) is 30.0 Å². The predicted octanol–water partition coefficient (Wildman–Crippen LogP) is 2.32. The van der Waals surface area contributed by atoms with E-state index in [-0.39, 0.29) is 24.1 Å². The third-order valence-corrected chi connectivity index (χ3v) is 4.68. The number of hydrogen-bond acceptors (Lipinski definition) is 4. The number of aromatic hydroxyl groups is 1. The molecule has 0 spiro atoms. The van der Waals surface area contributed by atoms with Crippen LogP contribution in [0, 0.1) is 5.92 Å². The van der Waals surface area contributed by atoms with Crippen molar-refractivity contribution in [2.24, 2.45) is 5.92 Å². The first-order chi connectivity index (χ1) is 8.52. The van der Waals surface area contributed by atoms with Crippen LogP contribution in [0.1, 0.15) is 12.0 Å². The molecule has 1 aliphatic heterocycles. The second-order valence-electron chi connectivity index (χ2n) is 5.26. The Morgan fingerprint density at radius 3 is 2.79 bits per heavy atom. The first kappa shape index (κ1) is 16.6. The highest BCUT2D eigenvalue weighted by Crippen LogP contribution is 2.41. The summed E-state index contributed by atoms with van der Waals surface area (Å²) in [7, 11) is 4.06. The fourth-order valence-corrected chi connectivity index (χ4v) is 3.88. The highest BCUT2D eigenvalue weighted by atomic mass is 35.5. The molecule has 0 aliphatic carbocycles. The zero-order chi connectivity index (χ0) is 13.2. The number of benzene rings is 1. The Morgan fingerprint density at radius 2 is 2.16 bits per heavy atom. The van der Waals surface area contributed by atoms with E-state index in [9.17, 15) is 10.2 Å². The van der Waals surface area contributed by atoms with E-state index in [1.54, 1.807) is 18.2 Å². The van der Waals surface area contributed by atoms with Crippen LogP contribution in [0.3, 0.4) is 0 Å². The van der Waals surface area contributed by atoms with Gasteiger partial charge in [0.05, 0.1) is 5.60 Å². The monoisotopic (exact) mass is 303 g/mol. The molecule has 19 heavy (non-hydrogen) atoms. The fourth-order valence-electron chi connectivity index (χ4n) is 2.60. The largest absolute Gasteiger partial charge is 0.508 e. The Morgan fingerprint density at radius 1 is 1.42 bits per heavy atom. The summed E-state index contributed by atoms with van der Waals surface area (Å²) in [6.07, 6.45) is 0.750. The van der Waals surface area contributed by atoms with Gasteiger partial charge in [0, 0.05) is 18.2 Å². The lowest BCUT2D eigenvalue weighted by Gasteiger charge is -2.41. The van der Waals surface area contributed by atoms with Crippen molar-refractivity contribution in [1.29, 1.82) is 0 Å². The zero-order valence-electron chi connectivity index (χ0n) is 11.4. The van der Waals surface area contributed by atoms with Crippen molar-refractivity contribution >= 4 is 24.2 Å². The van der Waals surface area contributed by atoms with E-state index in [4.69, 9.17) is 0 Å². The van der Waals surface area contributed by atoms with Crippen molar-refractivity contribution in [3.63, 3.8) is 0 Å². The highest BCUT2D eigenvalue weighted by molar-refractivity contribution is 7.99. The van der Waals surface area contributed by atoms with Crippen molar-refractivity contribution in [3.05, 3.63) is 29.8 Å². The quantitative estimate of drug-likeness (QED) is 0.899. The molecule has 0 aromatic heterocycles. The summed E-state index contributed by atoms with van der Waals surface area (Å²) in [5, 5.41) is 20.6. The minimum atomic E-state index is -0.811. The van der Waals surface area contributed by atoms with Gasteiger partial charge in [0.2, 0.25) is 0 Å². The van der Waals surface area contributed by atoms with E-state index in [0.29, 0.717) is 0 Å². The Labute approximate surface area is 125 Å². The maximum absolute atomic E-state index is 11.0. The van der Waals surface area contributed by atoms with Crippen LogP contribution in [0.5, 0.6) is 5.75 Å². The first-order valence-electron chi connectivity index (χ1n) is 6.27. The minimum absolute atomic E-state index is 0. The third-order valence-electron chi connectivity index (χ3n) is 3.55. The zero-order valence-corrected chi connectivity index (χ0v) is 13.0. The first-order valence-corrected chi connectivity index (χ1v) is 7.42. The molecule has 0 saturated carbocycles. The molecule has 108 valence electrons. The predicted molar refractivity (Wildman–Crippen MR) is 83.2 cm³/mol. The van der Waals surface area contributed by atoms with Gasteiger partial charge in [-0.3, -0.25) is 0 Å². The topological polar surface area (TPSA) is 43.7 Å². The van der Waals surface area contributed by atoms with E-state index < -0.39 is 5.60 Å². The molecule has 0 amide bonds. The second kappa shape index (κ2) is 6.84. The van der Waals surface area contributed by atoms with Crippen molar-refractivity contribution in [1.82, 2.24) is 4.90 Å². The van der Waals surface area contributed by atoms with Gasteiger partial charge in [-0.05, 0) is 44.0 Å². The summed E-state index contributed by atoms with van der Waals surface area (Å²) < 4.78 is 0. The smallest absolute Gasteiger partial charge is 0.115 e. The van der Waals surface area contributed by atoms with Crippen LogP contribution in [0.15, 0.2) is 24.3 Å². The summed E-state index contributed by atoms with van der Waals surface area (Å²) >= 11 is 1.90. The second-order valence-corrected chi connectivity index (χ2v) is 6.41. The number of thioether (sulfide) groups is 1. The van der Waals surface area contributed by atoms with Gasteiger partial charge in [-0.1, -0.05) is 12.1 Å². The number of aliphatic hydroxyl groups is 1. The number of hydrogen-bond donors (Lipinski definition) is 2. The lowest BCUT2D eigenvalue weighted by molar-refractivity contribution is -0.0294. The van der Waals surface area contributed by atoms with Crippen LogP contribution in [0.2, 0.25) is 0 Å². The molecule has 1 aliphatic rings. The lowest BCUT2D eigenvalue weighted by Crippen LogP contribution is -2.45. The maximum atomic E-state index is 11.0. The summed E-state index contributed by atoms with van der Waals surface area (Å²) in [5.74, 6) is 2.36. The Kier molecular flexibility index (Phi) is 5.99. The van der Waals surface area contributed by atoms with Crippen LogP contribution < -0.4 is 0 Å². The van der Waals surface area contributed by atoms with Crippen LogP contribution in [-0.4, -0.2) is 47.3 Å². The van der Waals surface area contributed by atoms with Gasteiger partial charge in [-0.25, -0.2) is 0 Å². The molecule has 0 bridgehead atoms. The number of halogens is 1. The van der Waals surface area contributed by atoms with Gasteiger partial charge >= 0.3 is 0 Å². The molecule has 2 atom stereocenters. The van der Waals surface area contributed by atoms with Gasteiger partial charge < -0.3 is 15.1 Å². The van der Waals surface area contributed by atoms with Crippen LogP contribution in [0.4, 0.5) is 0 Å². The highest BCUT2D eigenvalue weighted by Gasteiger charge is 2.40. The molecule has 1 heterocycles. The molecule has 0 radical (unpaired) electrons. The van der Waals surface area contributed by atoms with Crippen molar-refractivity contribution in [2.75, 3.05) is 32.1 Å². The van der Waals surface area contributed by atoms with Crippen molar-refractivity contribution in [3.8, 4) is 5.75 Å². The van der Waals surface area contributed by atoms with Crippen LogP contribution in [-0.2, 0) is 5.60 Å². The van der Waals surface area contributed by atoms with Gasteiger partial charge in [0.15, 0.2) is 0 Å². The summed E-state index contributed by atoms with van der Waals surface area (Å²) in [4.78, 5) is 2.12. The summed E-state index contributed by atoms with van der Waals surface area (Å²) in [6.45, 7) is 0.860. The fraction of sp³-hybridized carbons (Fsp3) is 0.571. The lowest BCUT2D eigenvalue weighted by atomic mass is 9.79. The molecular formula is C14H22ClNO2S. The minimum Gasteiger partial charge on any atom is -0.508 e. The van der Waals surface area contributed by atoms with Gasteiger partial charge in [-0.15, -0.1) is 12.4 Å². The molecule has 1 saturated heterocycles. The maximum Gasteiger partial charge on any atom is 0.115 e. The molecule has 1 fully saturated rings. The van der Waals surface area contributed by atoms with Gasteiger partial charge in [-0.2, -0.15) is 11.8 Å². The molecule has 2 unspecified atom stereocenters. The average Bonchev–Trinajstić information content (AvgIpc) is 2.32. The molecule has 2 rings (SSSR count). The number of phenolic OH excluding ortho intramolecular Hbond substituents is 1. The van der Waals surface area contributed by atoms with Crippen LogP contribution in [0.25, 0.3) is 0 Å². The SMILES string of the molecule is CN(C)CC1CSCCC1(O)c1cccc(O)c1.Cl. The molecule has 1 aromatic carbocycles. The third kappa shape index (κ3) is 3.78. The Hall–Kier alpha value is -0.420. The van der Waals surface area contributed by atoms with Gasteiger partial charge in [0.25, 0.3) is 0 Å². The van der Waals surface area contributed by atoms with Crippen molar-refractivity contribution in [2.45, 2.75) is 12.0 Å². The summed E-state index contributed by atoms with van der Waals surface area (Å²) in [5.41, 5.74) is 0.0310.